The summed E-state index contributed by atoms with van der Waals surface area (Å²) in [5.74, 6) is 0.557. The molecule has 22 heavy (non-hydrogen) atoms. The third-order valence-corrected chi connectivity index (χ3v) is 5.09. The van der Waals surface area contributed by atoms with E-state index >= 15 is 0 Å². The highest BCUT2D eigenvalue weighted by molar-refractivity contribution is 8.00. The fourth-order valence-electron chi connectivity index (χ4n) is 1.88. The van der Waals surface area contributed by atoms with E-state index in [2.05, 4.69) is 10.4 Å². The minimum Gasteiger partial charge on any atom is -0.310 e. The summed E-state index contributed by atoms with van der Waals surface area (Å²) in [5, 5.41) is 7.83. The minimum atomic E-state index is -0.340. The molecule has 2 aromatic rings. The fourth-order valence-corrected chi connectivity index (χ4v) is 3.42. The standard InChI is InChI=1S/C15H17Cl2N3OS/c1-9(2)20-13(7-8-18-20)19-15(21)10(3)22-14-11(16)5-4-6-12(14)17/h4-10H,1-3H3,(H,19,21)/t10-/m0/s1. The van der Waals surface area contributed by atoms with Gasteiger partial charge >= 0.3 is 0 Å². The molecular formula is C15H17Cl2N3OS. The summed E-state index contributed by atoms with van der Waals surface area (Å²) < 4.78 is 1.76. The summed E-state index contributed by atoms with van der Waals surface area (Å²) >= 11 is 13.6. The fraction of sp³-hybridized carbons (Fsp3) is 0.333. The Balaban J connectivity index is 2.08. The number of rotatable bonds is 5. The van der Waals surface area contributed by atoms with Crippen molar-refractivity contribution in [1.82, 2.24) is 9.78 Å². The van der Waals surface area contributed by atoms with Gasteiger partial charge in [0.25, 0.3) is 0 Å². The largest absolute Gasteiger partial charge is 0.310 e. The van der Waals surface area contributed by atoms with Crippen LogP contribution in [0.3, 0.4) is 0 Å². The number of thioether (sulfide) groups is 1. The third-order valence-electron chi connectivity index (χ3n) is 2.99. The van der Waals surface area contributed by atoms with Crippen LogP contribution in [0.1, 0.15) is 26.8 Å². The lowest BCUT2D eigenvalue weighted by Gasteiger charge is -2.16. The molecule has 0 fully saturated rings. The first-order valence-corrected chi connectivity index (χ1v) is 8.48. The monoisotopic (exact) mass is 357 g/mol. The van der Waals surface area contributed by atoms with Crippen LogP contribution >= 0.6 is 35.0 Å². The van der Waals surface area contributed by atoms with Crippen molar-refractivity contribution in [1.29, 1.82) is 0 Å². The van der Waals surface area contributed by atoms with Crippen molar-refractivity contribution in [3.63, 3.8) is 0 Å². The van der Waals surface area contributed by atoms with Crippen LogP contribution in [0, 0.1) is 0 Å². The molecule has 0 aliphatic carbocycles. The molecule has 1 amide bonds. The van der Waals surface area contributed by atoms with Crippen LogP contribution in [0.25, 0.3) is 0 Å². The molecule has 0 saturated carbocycles. The van der Waals surface area contributed by atoms with Gasteiger partial charge in [-0.1, -0.05) is 29.3 Å². The number of hydrogen-bond acceptors (Lipinski definition) is 3. The number of nitrogens with zero attached hydrogens (tertiary/aromatic N) is 2. The number of hydrogen-bond donors (Lipinski definition) is 1. The second-order valence-electron chi connectivity index (χ2n) is 5.05. The second-order valence-corrected chi connectivity index (χ2v) is 7.22. The first kappa shape index (κ1) is 17.2. The molecule has 0 bridgehead atoms. The maximum atomic E-state index is 12.4. The van der Waals surface area contributed by atoms with Gasteiger partial charge in [0.1, 0.15) is 5.82 Å². The molecule has 0 aliphatic heterocycles. The first-order valence-electron chi connectivity index (χ1n) is 6.85. The van der Waals surface area contributed by atoms with Crippen molar-refractivity contribution >= 4 is 46.7 Å². The highest BCUT2D eigenvalue weighted by Crippen LogP contribution is 2.36. The van der Waals surface area contributed by atoms with Crippen LogP contribution in [0.15, 0.2) is 35.4 Å². The molecule has 0 unspecified atom stereocenters. The lowest BCUT2D eigenvalue weighted by molar-refractivity contribution is -0.115. The Hall–Kier alpha value is -1.17. The minimum absolute atomic E-state index is 0.122. The molecule has 1 atom stereocenters. The van der Waals surface area contributed by atoms with E-state index in [4.69, 9.17) is 23.2 Å². The summed E-state index contributed by atoms with van der Waals surface area (Å²) in [5.41, 5.74) is 0. The summed E-state index contributed by atoms with van der Waals surface area (Å²) in [7, 11) is 0. The maximum absolute atomic E-state index is 12.4. The Morgan fingerprint density at radius 2 is 1.86 bits per heavy atom. The number of benzene rings is 1. The molecule has 118 valence electrons. The first-order chi connectivity index (χ1) is 10.4. The Kier molecular flexibility index (Phi) is 5.78. The number of carbonyl (C=O) groups is 1. The highest BCUT2D eigenvalue weighted by Gasteiger charge is 2.19. The van der Waals surface area contributed by atoms with Gasteiger partial charge in [0.15, 0.2) is 0 Å². The summed E-state index contributed by atoms with van der Waals surface area (Å²) in [4.78, 5) is 13.1. The smallest absolute Gasteiger partial charge is 0.238 e. The van der Waals surface area contributed by atoms with Gasteiger partial charge in [0.2, 0.25) is 5.91 Å². The van der Waals surface area contributed by atoms with Gasteiger partial charge in [0, 0.05) is 17.0 Å². The van der Waals surface area contributed by atoms with E-state index in [1.807, 2.05) is 20.8 Å². The molecule has 2 rings (SSSR count). The zero-order valence-corrected chi connectivity index (χ0v) is 14.8. The van der Waals surface area contributed by atoms with Crippen molar-refractivity contribution in [2.75, 3.05) is 5.32 Å². The molecule has 7 heteroatoms. The SMILES string of the molecule is CC(C)n1nccc1NC(=O)[C@H](C)Sc1c(Cl)cccc1Cl. The molecule has 1 aromatic carbocycles. The van der Waals surface area contributed by atoms with Crippen molar-refractivity contribution in [3.8, 4) is 0 Å². The molecule has 4 nitrogen and oxygen atoms in total. The van der Waals surface area contributed by atoms with E-state index in [9.17, 15) is 4.79 Å². The van der Waals surface area contributed by atoms with Crippen LogP contribution in [0.4, 0.5) is 5.82 Å². The Bertz CT molecular complexity index is 652. The molecule has 0 aliphatic rings. The quantitative estimate of drug-likeness (QED) is 0.774. The number of anilines is 1. The number of aromatic nitrogens is 2. The third kappa shape index (κ3) is 3.97. The molecular weight excluding hydrogens is 341 g/mol. The number of carbonyl (C=O) groups excluding carboxylic acids is 1. The van der Waals surface area contributed by atoms with Crippen molar-refractivity contribution in [3.05, 3.63) is 40.5 Å². The van der Waals surface area contributed by atoms with Crippen molar-refractivity contribution in [2.24, 2.45) is 0 Å². The van der Waals surface area contributed by atoms with E-state index in [0.717, 1.165) is 0 Å². The van der Waals surface area contributed by atoms with E-state index in [1.54, 1.807) is 35.1 Å². The maximum Gasteiger partial charge on any atom is 0.238 e. The Morgan fingerprint density at radius 1 is 1.23 bits per heavy atom. The van der Waals surface area contributed by atoms with E-state index in [-0.39, 0.29) is 17.2 Å². The molecule has 0 radical (unpaired) electrons. The summed E-state index contributed by atoms with van der Waals surface area (Å²) in [6.07, 6.45) is 1.67. The van der Waals surface area contributed by atoms with E-state index in [0.29, 0.717) is 20.8 Å². The second kappa shape index (κ2) is 7.40. The summed E-state index contributed by atoms with van der Waals surface area (Å²) in [6, 6.07) is 7.24. The predicted molar refractivity (Wildman–Crippen MR) is 93.0 cm³/mol. The van der Waals surface area contributed by atoms with Gasteiger partial charge in [-0.05, 0) is 32.9 Å². The van der Waals surface area contributed by atoms with E-state index < -0.39 is 0 Å². The van der Waals surface area contributed by atoms with E-state index in [1.165, 1.54) is 11.8 Å². The Morgan fingerprint density at radius 3 is 2.45 bits per heavy atom. The van der Waals surface area contributed by atoms with Crippen molar-refractivity contribution < 1.29 is 4.79 Å². The van der Waals surface area contributed by atoms with Crippen LogP contribution in [0.2, 0.25) is 10.0 Å². The van der Waals surface area contributed by atoms with Crippen LogP contribution in [0.5, 0.6) is 0 Å². The lowest BCUT2D eigenvalue weighted by atomic mass is 10.4. The van der Waals surface area contributed by atoms with Crippen molar-refractivity contribution in [2.45, 2.75) is 37.0 Å². The molecule has 0 saturated heterocycles. The van der Waals surface area contributed by atoms with Crippen LogP contribution in [-0.2, 0) is 4.79 Å². The van der Waals surface area contributed by atoms with Gasteiger partial charge in [-0.25, -0.2) is 4.68 Å². The Labute approximate surface area is 144 Å². The normalized spacial score (nSPS) is 12.5. The van der Waals surface area contributed by atoms with Crippen LogP contribution < -0.4 is 5.32 Å². The number of nitrogens with one attached hydrogen (secondary N) is 1. The average molecular weight is 358 g/mol. The number of amides is 1. The summed E-state index contributed by atoms with van der Waals surface area (Å²) in [6.45, 7) is 5.82. The molecule has 1 aromatic heterocycles. The molecule has 1 heterocycles. The predicted octanol–water partition coefficient (Wildman–Crippen LogP) is 4.89. The van der Waals surface area contributed by atoms with Gasteiger partial charge in [-0.15, -0.1) is 11.8 Å². The topological polar surface area (TPSA) is 46.9 Å². The zero-order chi connectivity index (χ0) is 16.3. The van der Waals surface area contributed by atoms with Gasteiger partial charge in [-0.2, -0.15) is 5.10 Å². The lowest BCUT2D eigenvalue weighted by Crippen LogP contribution is -2.24. The average Bonchev–Trinajstić information content (AvgIpc) is 2.91. The van der Waals surface area contributed by atoms with Gasteiger partial charge in [0.05, 0.1) is 21.5 Å². The number of halogens is 2. The van der Waals surface area contributed by atoms with Crippen LogP contribution in [-0.4, -0.2) is 20.9 Å². The molecule has 0 spiro atoms. The molecule has 1 N–H and O–H groups in total. The highest BCUT2D eigenvalue weighted by atomic mass is 35.5. The van der Waals surface area contributed by atoms with Gasteiger partial charge < -0.3 is 5.32 Å². The zero-order valence-electron chi connectivity index (χ0n) is 12.5. The van der Waals surface area contributed by atoms with Gasteiger partial charge in [-0.3, -0.25) is 4.79 Å².